The molecule has 2 aromatic carbocycles. The van der Waals surface area contributed by atoms with E-state index in [9.17, 15) is 4.39 Å². The summed E-state index contributed by atoms with van der Waals surface area (Å²) in [7, 11) is 1.75. The zero-order valence-electron chi connectivity index (χ0n) is 13.2. The first-order chi connectivity index (χ1) is 12.0. The number of ether oxygens (including phenoxy) is 1. The summed E-state index contributed by atoms with van der Waals surface area (Å²) < 4.78 is 21.5. The van der Waals surface area contributed by atoms with Crippen molar-refractivity contribution >= 4 is 33.5 Å². The Hall–Kier alpha value is -2.19. The van der Waals surface area contributed by atoms with E-state index in [1.165, 1.54) is 16.8 Å². The number of rotatable bonds is 6. The van der Waals surface area contributed by atoms with Crippen molar-refractivity contribution in [2.45, 2.75) is 13.2 Å². The minimum atomic E-state index is -0.375. The molecule has 1 N–H and O–H groups in total. The van der Waals surface area contributed by atoms with Crippen molar-refractivity contribution in [1.29, 1.82) is 0 Å². The summed E-state index contributed by atoms with van der Waals surface area (Å²) in [6.45, 7) is 0.708. The third-order valence-corrected chi connectivity index (χ3v) is 4.32. The van der Waals surface area contributed by atoms with Crippen LogP contribution in [0.3, 0.4) is 0 Å². The van der Waals surface area contributed by atoms with Crippen LogP contribution in [0.5, 0.6) is 5.75 Å². The molecule has 0 bridgehead atoms. The molecule has 6 nitrogen and oxygen atoms in total. The quantitative estimate of drug-likeness (QED) is 0.646. The smallest absolute Gasteiger partial charge is 0.242 e. The van der Waals surface area contributed by atoms with Crippen molar-refractivity contribution in [2.75, 3.05) is 5.32 Å². The standard InChI is InChI=1S/C16H14BrClFN5O/c1-24-16(21-22-23-24)20-8-11-6-12(17)3-5-15(11)25-9-10-2-4-13(19)7-14(10)18/h2-7H,8-9H2,1H3,(H,20,21,23). The summed E-state index contributed by atoms with van der Waals surface area (Å²) in [4.78, 5) is 0. The number of aryl methyl sites for hydroxylation is 1. The highest BCUT2D eigenvalue weighted by Gasteiger charge is 2.09. The number of halogens is 3. The number of nitrogens with one attached hydrogen (secondary N) is 1. The average molecular weight is 427 g/mol. The van der Waals surface area contributed by atoms with Gasteiger partial charge in [-0.2, -0.15) is 0 Å². The number of hydrogen-bond donors (Lipinski definition) is 1. The highest BCUT2D eigenvalue weighted by molar-refractivity contribution is 9.10. The van der Waals surface area contributed by atoms with Gasteiger partial charge in [0.2, 0.25) is 5.95 Å². The second-order valence-electron chi connectivity index (χ2n) is 5.26. The topological polar surface area (TPSA) is 64.9 Å². The molecule has 0 amide bonds. The van der Waals surface area contributed by atoms with Gasteiger partial charge in [-0.05, 0) is 40.8 Å². The van der Waals surface area contributed by atoms with Crippen LogP contribution in [-0.2, 0) is 20.2 Å². The van der Waals surface area contributed by atoms with Crippen LogP contribution in [0, 0.1) is 5.82 Å². The second-order valence-corrected chi connectivity index (χ2v) is 6.58. The van der Waals surface area contributed by atoms with E-state index in [0.717, 1.165) is 10.0 Å². The predicted octanol–water partition coefficient (Wildman–Crippen LogP) is 3.96. The molecule has 0 radical (unpaired) electrons. The van der Waals surface area contributed by atoms with Crippen LogP contribution < -0.4 is 10.1 Å². The zero-order chi connectivity index (χ0) is 17.8. The van der Waals surface area contributed by atoms with Crippen molar-refractivity contribution in [1.82, 2.24) is 20.2 Å². The molecular weight excluding hydrogens is 413 g/mol. The summed E-state index contributed by atoms with van der Waals surface area (Å²) in [5, 5.41) is 14.7. The lowest BCUT2D eigenvalue weighted by molar-refractivity contribution is 0.303. The highest BCUT2D eigenvalue weighted by Crippen LogP contribution is 2.26. The van der Waals surface area contributed by atoms with Crippen LogP contribution in [0.15, 0.2) is 40.9 Å². The molecule has 3 aromatic rings. The Morgan fingerprint density at radius 2 is 2.08 bits per heavy atom. The van der Waals surface area contributed by atoms with E-state index in [4.69, 9.17) is 16.3 Å². The SMILES string of the molecule is Cn1nnnc1NCc1cc(Br)ccc1OCc1ccc(F)cc1Cl. The lowest BCUT2D eigenvalue weighted by Crippen LogP contribution is -2.08. The Bertz CT molecular complexity index is 889. The third-order valence-electron chi connectivity index (χ3n) is 3.48. The fourth-order valence-electron chi connectivity index (χ4n) is 2.17. The molecule has 0 aliphatic heterocycles. The van der Waals surface area contributed by atoms with Gasteiger partial charge < -0.3 is 10.1 Å². The van der Waals surface area contributed by atoms with E-state index >= 15 is 0 Å². The van der Waals surface area contributed by atoms with Gasteiger partial charge in [0.25, 0.3) is 0 Å². The predicted molar refractivity (Wildman–Crippen MR) is 96.0 cm³/mol. The van der Waals surface area contributed by atoms with E-state index in [1.54, 1.807) is 13.1 Å². The fraction of sp³-hybridized carbons (Fsp3) is 0.188. The molecule has 3 rings (SSSR count). The largest absolute Gasteiger partial charge is 0.488 e. The van der Waals surface area contributed by atoms with Gasteiger partial charge in [0.1, 0.15) is 18.2 Å². The van der Waals surface area contributed by atoms with Crippen molar-refractivity contribution in [3.05, 3.63) is 62.8 Å². The Morgan fingerprint density at radius 3 is 2.80 bits per heavy atom. The summed E-state index contributed by atoms with van der Waals surface area (Å²) in [6.07, 6.45) is 0. The van der Waals surface area contributed by atoms with Gasteiger partial charge in [0.05, 0.1) is 5.02 Å². The summed E-state index contributed by atoms with van der Waals surface area (Å²) in [6, 6.07) is 9.92. The molecule has 9 heteroatoms. The minimum Gasteiger partial charge on any atom is -0.488 e. The maximum absolute atomic E-state index is 13.1. The summed E-state index contributed by atoms with van der Waals surface area (Å²) in [5.74, 6) is 0.860. The van der Waals surface area contributed by atoms with Gasteiger partial charge in [-0.1, -0.05) is 38.7 Å². The molecular formula is C16H14BrClFN5O. The van der Waals surface area contributed by atoms with E-state index in [1.807, 2.05) is 18.2 Å². The number of hydrogen-bond acceptors (Lipinski definition) is 5. The first-order valence-corrected chi connectivity index (χ1v) is 8.51. The molecule has 0 aliphatic rings. The number of aromatic nitrogens is 4. The number of benzene rings is 2. The Balaban J connectivity index is 1.73. The molecule has 0 spiro atoms. The van der Waals surface area contributed by atoms with Gasteiger partial charge in [-0.3, -0.25) is 0 Å². The molecule has 130 valence electrons. The van der Waals surface area contributed by atoms with Gasteiger partial charge in [-0.25, -0.2) is 9.07 Å². The molecule has 0 aliphatic carbocycles. The Morgan fingerprint density at radius 1 is 1.24 bits per heavy atom. The maximum atomic E-state index is 13.1. The van der Waals surface area contributed by atoms with Crippen molar-refractivity contribution in [3.8, 4) is 5.75 Å². The van der Waals surface area contributed by atoms with Crippen LogP contribution in [0.4, 0.5) is 10.3 Å². The Labute approximate surface area is 157 Å². The van der Waals surface area contributed by atoms with Crippen LogP contribution in [0.25, 0.3) is 0 Å². The van der Waals surface area contributed by atoms with E-state index in [2.05, 4.69) is 36.8 Å². The molecule has 0 unspecified atom stereocenters. The van der Waals surface area contributed by atoms with Crippen LogP contribution in [0.1, 0.15) is 11.1 Å². The fourth-order valence-corrected chi connectivity index (χ4v) is 2.80. The maximum Gasteiger partial charge on any atom is 0.242 e. The van der Waals surface area contributed by atoms with E-state index in [-0.39, 0.29) is 12.4 Å². The number of anilines is 1. The monoisotopic (exact) mass is 425 g/mol. The first-order valence-electron chi connectivity index (χ1n) is 7.34. The zero-order valence-corrected chi connectivity index (χ0v) is 15.6. The van der Waals surface area contributed by atoms with Gasteiger partial charge in [0.15, 0.2) is 0 Å². The van der Waals surface area contributed by atoms with E-state index < -0.39 is 0 Å². The van der Waals surface area contributed by atoms with Crippen molar-refractivity contribution in [2.24, 2.45) is 7.05 Å². The highest BCUT2D eigenvalue weighted by atomic mass is 79.9. The van der Waals surface area contributed by atoms with E-state index in [0.29, 0.717) is 28.8 Å². The first kappa shape index (κ1) is 17.6. The van der Waals surface area contributed by atoms with Crippen molar-refractivity contribution in [3.63, 3.8) is 0 Å². The van der Waals surface area contributed by atoms with Gasteiger partial charge in [-0.15, -0.1) is 0 Å². The van der Waals surface area contributed by atoms with Crippen molar-refractivity contribution < 1.29 is 9.13 Å². The molecule has 1 heterocycles. The summed E-state index contributed by atoms with van der Waals surface area (Å²) in [5.41, 5.74) is 1.62. The van der Waals surface area contributed by atoms with Crippen LogP contribution >= 0.6 is 27.5 Å². The summed E-state index contributed by atoms with van der Waals surface area (Å²) >= 11 is 9.50. The second kappa shape index (κ2) is 7.79. The van der Waals surface area contributed by atoms with Gasteiger partial charge in [0, 0.05) is 29.2 Å². The molecule has 0 saturated carbocycles. The molecule has 0 fully saturated rings. The molecule has 1 aromatic heterocycles. The Kier molecular flexibility index (Phi) is 5.50. The normalized spacial score (nSPS) is 10.7. The molecule has 25 heavy (non-hydrogen) atoms. The lowest BCUT2D eigenvalue weighted by Gasteiger charge is -2.13. The lowest BCUT2D eigenvalue weighted by atomic mass is 10.2. The molecule has 0 atom stereocenters. The van der Waals surface area contributed by atoms with Crippen LogP contribution in [0.2, 0.25) is 5.02 Å². The average Bonchev–Trinajstić information content (AvgIpc) is 2.98. The van der Waals surface area contributed by atoms with Gasteiger partial charge >= 0.3 is 0 Å². The number of nitrogens with zero attached hydrogens (tertiary/aromatic N) is 4. The third kappa shape index (κ3) is 4.46. The number of tetrazole rings is 1. The molecule has 0 saturated heterocycles. The van der Waals surface area contributed by atoms with Crippen LogP contribution in [-0.4, -0.2) is 20.2 Å². The minimum absolute atomic E-state index is 0.235.